The molecule has 1 N–H and O–H groups in total. The van der Waals surface area contributed by atoms with E-state index in [0.29, 0.717) is 6.61 Å². The van der Waals surface area contributed by atoms with Crippen molar-refractivity contribution in [2.24, 2.45) is 0 Å². The second-order valence-corrected chi connectivity index (χ2v) is 15.7. The molecule has 3 aromatic rings. The second kappa shape index (κ2) is 24.8. The summed E-state index contributed by atoms with van der Waals surface area (Å²) in [7, 11) is 6.52. The summed E-state index contributed by atoms with van der Waals surface area (Å²) in [6.07, 6.45) is 18.6. The maximum Gasteiger partial charge on any atom is 0.408 e. The molecule has 0 atom stereocenters. The van der Waals surface area contributed by atoms with E-state index in [9.17, 15) is 4.79 Å². The number of quaternary nitrogens is 1. The zero-order valence-corrected chi connectivity index (χ0v) is 33.3. The normalized spacial score (nSPS) is 14.0. The van der Waals surface area contributed by atoms with Crippen LogP contribution in [0.15, 0.2) is 84.9 Å². The number of benzene rings is 3. The Bertz CT molecular complexity index is 1340. The van der Waals surface area contributed by atoms with Crippen LogP contribution in [0.25, 0.3) is 0 Å². The van der Waals surface area contributed by atoms with Gasteiger partial charge in [-0.05, 0) is 75.1 Å². The molecule has 3 aromatic carbocycles. The molecule has 0 radical (unpaired) electrons. The van der Waals surface area contributed by atoms with Crippen LogP contribution in [0.4, 0.5) is 4.79 Å². The number of carbonyl (C=O) groups is 1. The van der Waals surface area contributed by atoms with Gasteiger partial charge in [-0.1, -0.05) is 124 Å². The van der Waals surface area contributed by atoms with Gasteiger partial charge in [-0.3, -0.25) is 0 Å². The van der Waals surface area contributed by atoms with Crippen LogP contribution in [0.5, 0.6) is 5.75 Å². The van der Waals surface area contributed by atoms with Gasteiger partial charge in [0.2, 0.25) is 0 Å². The van der Waals surface area contributed by atoms with Gasteiger partial charge in [0.15, 0.2) is 0 Å². The lowest BCUT2D eigenvalue weighted by atomic mass is 9.99. The summed E-state index contributed by atoms with van der Waals surface area (Å²) in [5.74, 6) is 0.910. The van der Waals surface area contributed by atoms with Gasteiger partial charge in [0.1, 0.15) is 11.9 Å². The smallest absolute Gasteiger partial charge is 0.408 e. The second-order valence-electron chi connectivity index (χ2n) is 15.7. The number of piperidine rings is 1. The highest BCUT2D eigenvalue weighted by molar-refractivity contribution is 5.69. The number of hydrogen-bond donors (Lipinski definition) is 1. The Balaban J connectivity index is 0.922. The third-order valence-electron chi connectivity index (χ3n) is 10.8. The summed E-state index contributed by atoms with van der Waals surface area (Å²) in [4.78, 5) is 15.5. The number of amides is 1. The predicted molar refractivity (Wildman–Crippen MR) is 218 cm³/mol. The summed E-state index contributed by atoms with van der Waals surface area (Å²) in [5.41, 5.74) is 3.23. The van der Waals surface area contributed by atoms with E-state index in [-0.39, 0.29) is 18.2 Å². The lowest BCUT2D eigenvalue weighted by Gasteiger charge is -2.32. The van der Waals surface area contributed by atoms with Crippen molar-refractivity contribution in [3.05, 3.63) is 102 Å². The standard InChI is InChI=1S/C46H69N3O4/c1-49(2,37-23-11-12-24-38-52-39-42-29-19-20-30-44(42)51-3)36-22-10-8-6-4-5-7-9-21-33-48-34-31-43(32-35-48)53-46(50)47-45(40-25-15-13-16-26-40)41-27-17-14-18-28-41/h13-20,25-30,43,45H,4-12,21-24,31-39H2,1-3H3/p+1. The minimum absolute atomic E-state index is 0.0126. The van der Waals surface area contributed by atoms with E-state index < -0.39 is 0 Å². The van der Waals surface area contributed by atoms with Gasteiger partial charge < -0.3 is 28.9 Å². The molecule has 1 fully saturated rings. The number of rotatable bonds is 26. The maximum absolute atomic E-state index is 12.9. The Labute approximate surface area is 322 Å². The van der Waals surface area contributed by atoms with E-state index >= 15 is 0 Å². The fourth-order valence-corrected chi connectivity index (χ4v) is 7.53. The predicted octanol–water partition coefficient (Wildman–Crippen LogP) is 10.3. The SMILES string of the molecule is COc1ccccc1COCCCCCC[N+](C)(C)CCCCCCCCCCCN1CCC(OC(=O)NC(c2ccccc2)c2ccccc2)CC1. The number of nitrogens with zero attached hydrogens (tertiary/aromatic N) is 2. The number of likely N-dealkylation sites (tertiary alicyclic amines) is 1. The van der Waals surface area contributed by atoms with Crippen LogP contribution in [0.2, 0.25) is 0 Å². The molecule has 0 unspecified atom stereocenters. The van der Waals surface area contributed by atoms with Gasteiger partial charge in [-0.25, -0.2) is 4.79 Å². The third kappa shape index (κ3) is 17.1. The van der Waals surface area contributed by atoms with E-state index in [2.05, 4.69) is 30.4 Å². The highest BCUT2D eigenvalue weighted by Crippen LogP contribution is 2.23. The molecule has 0 spiro atoms. The molecule has 0 saturated carbocycles. The van der Waals surface area contributed by atoms with Crippen LogP contribution < -0.4 is 10.1 Å². The van der Waals surface area contributed by atoms with Crippen molar-refractivity contribution in [1.29, 1.82) is 0 Å². The number of alkyl carbamates (subject to hydrolysis) is 1. The van der Waals surface area contributed by atoms with Gasteiger partial charge in [0.25, 0.3) is 0 Å². The van der Waals surface area contributed by atoms with Crippen LogP contribution in [0.3, 0.4) is 0 Å². The molecular formula is C46H70N3O4+. The number of ether oxygens (including phenoxy) is 3. The van der Waals surface area contributed by atoms with Crippen molar-refractivity contribution >= 4 is 6.09 Å². The van der Waals surface area contributed by atoms with Crippen molar-refractivity contribution in [2.75, 3.05) is 60.5 Å². The summed E-state index contributed by atoms with van der Waals surface area (Å²) in [6.45, 7) is 7.20. The number of methoxy groups -OCH3 is 1. The molecule has 0 aromatic heterocycles. The molecule has 1 heterocycles. The highest BCUT2D eigenvalue weighted by Gasteiger charge is 2.24. The van der Waals surface area contributed by atoms with Crippen LogP contribution in [-0.4, -0.2) is 82.1 Å². The highest BCUT2D eigenvalue weighted by atomic mass is 16.6. The first kappa shape index (κ1) is 42.4. The Morgan fingerprint density at radius 2 is 1.21 bits per heavy atom. The minimum atomic E-state index is -0.328. The number of nitrogens with one attached hydrogen (secondary N) is 1. The first-order chi connectivity index (χ1) is 25.9. The van der Waals surface area contributed by atoms with Gasteiger partial charge in [-0.15, -0.1) is 0 Å². The van der Waals surface area contributed by atoms with Gasteiger partial charge >= 0.3 is 6.09 Å². The summed E-state index contributed by atoms with van der Waals surface area (Å²) >= 11 is 0. The molecule has 7 nitrogen and oxygen atoms in total. The lowest BCUT2D eigenvalue weighted by molar-refractivity contribution is -0.890. The largest absolute Gasteiger partial charge is 0.496 e. The number of para-hydroxylation sites is 1. The maximum atomic E-state index is 12.9. The zero-order chi connectivity index (χ0) is 37.4. The quantitative estimate of drug-likeness (QED) is 0.0659. The number of hydrogen-bond acceptors (Lipinski definition) is 5. The van der Waals surface area contributed by atoms with Gasteiger partial charge in [0.05, 0.1) is 46.9 Å². The fraction of sp³-hybridized carbons (Fsp3) is 0.587. The lowest BCUT2D eigenvalue weighted by Crippen LogP contribution is -2.41. The van der Waals surface area contributed by atoms with Crippen molar-refractivity contribution in [2.45, 2.75) is 115 Å². The van der Waals surface area contributed by atoms with Crippen molar-refractivity contribution in [1.82, 2.24) is 10.2 Å². The minimum Gasteiger partial charge on any atom is -0.496 e. The molecule has 4 rings (SSSR count). The Morgan fingerprint density at radius 3 is 1.79 bits per heavy atom. The molecule has 1 aliphatic heterocycles. The number of unbranched alkanes of at least 4 members (excludes halogenated alkanes) is 11. The Morgan fingerprint density at radius 1 is 0.698 bits per heavy atom. The molecule has 0 bridgehead atoms. The first-order valence-corrected chi connectivity index (χ1v) is 20.7. The summed E-state index contributed by atoms with van der Waals surface area (Å²) in [5, 5.41) is 3.13. The van der Waals surface area contributed by atoms with Crippen LogP contribution in [0, 0.1) is 0 Å². The van der Waals surface area contributed by atoms with E-state index in [1.54, 1.807) is 7.11 Å². The van der Waals surface area contributed by atoms with Gasteiger partial charge in [-0.2, -0.15) is 0 Å². The van der Waals surface area contributed by atoms with E-state index in [0.717, 1.165) is 72.4 Å². The third-order valence-corrected chi connectivity index (χ3v) is 10.8. The van der Waals surface area contributed by atoms with Crippen LogP contribution in [0.1, 0.15) is 119 Å². The first-order valence-electron chi connectivity index (χ1n) is 20.7. The average molecular weight is 729 g/mol. The van der Waals surface area contributed by atoms with E-state index in [1.165, 1.54) is 90.1 Å². The average Bonchev–Trinajstić information content (AvgIpc) is 3.18. The summed E-state index contributed by atoms with van der Waals surface area (Å²) in [6, 6.07) is 28.1. The van der Waals surface area contributed by atoms with E-state index in [1.807, 2.05) is 78.9 Å². The molecule has 0 aliphatic carbocycles. The monoisotopic (exact) mass is 729 g/mol. The van der Waals surface area contributed by atoms with Crippen LogP contribution in [-0.2, 0) is 16.1 Å². The molecular weight excluding hydrogens is 659 g/mol. The molecule has 1 amide bonds. The van der Waals surface area contributed by atoms with Crippen molar-refractivity contribution in [3.63, 3.8) is 0 Å². The summed E-state index contributed by atoms with van der Waals surface area (Å²) < 4.78 is 18.3. The van der Waals surface area contributed by atoms with Crippen molar-refractivity contribution in [3.8, 4) is 5.75 Å². The Kier molecular flexibility index (Phi) is 19.8. The molecule has 1 saturated heterocycles. The molecule has 1 aliphatic rings. The fourth-order valence-electron chi connectivity index (χ4n) is 7.53. The molecule has 53 heavy (non-hydrogen) atoms. The molecule has 292 valence electrons. The van der Waals surface area contributed by atoms with Gasteiger partial charge in [0, 0.05) is 25.3 Å². The van der Waals surface area contributed by atoms with Crippen molar-refractivity contribution < 1.29 is 23.5 Å². The topological polar surface area (TPSA) is 60.0 Å². The van der Waals surface area contributed by atoms with E-state index in [4.69, 9.17) is 14.2 Å². The number of carbonyl (C=O) groups excluding carboxylic acids is 1. The molecule has 7 heteroatoms. The van der Waals surface area contributed by atoms with Crippen LogP contribution >= 0.6 is 0 Å². The Hall–Kier alpha value is -3.39. The zero-order valence-electron chi connectivity index (χ0n) is 33.3.